The number of carbonyl (C=O) groups excluding carboxylic acids is 1. The number of nitrogens with two attached hydrogens (primary N) is 2. The van der Waals surface area contributed by atoms with Crippen molar-refractivity contribution in [3.8, 4) is 46.3 Å². The van der Waals surface area contributed by atoms with Crippen molar-refractivity contribution >= 4 is 17.2 Å². The summed E-state index contributed by atoms with van der Waals surface area (Å²) < 4.78 is 39.4. The van der Waals surface area contributed by atoms with Crippen molar-refractivity contribution in [3.05, 3.63) is 107 Å². The van der Waals surface area contributed by atoms with Crippen LogP contribution in [-0.4, -0.2) is 31.1 Å². The summed E-state index contributed by atoms with van der Waals surface area (Å²) in [6, 6.07) is 18.7. The van der Waals surface area contributed by atoms with Crippen molar-refractivity contribution in [3.63, 3.8) is 0 Å². The second kappa shape index (κ2) is 13.2. The van der Waals surface area contributed by atoms with Crippen LogP contribution in [-0.2, 0) is 0 Å². The van der Waals surface area contributed by atoms with Gasteiger partial charge in [-0.3, -0.25) is 4.79 Å². The van der Waals surface area contributed by atoms with Crippen LogP contribution in [0.5, 0.6) is 11.5 Å². The standard InChI is InChI=1S/C37H35F2N3O3/c1-36(2,40)17-15-23-7-13-33(44-5)29(19-23)28-22-26(42-32-12-9-25(38)21-31(32)39)10-11-27(28)35(43)30-20-24(8-14-34(30)45-6)16-18-37(3,4)41/h7-14,19-22,42H,40-41H2,1-6H3. The molecule has 0 aliphatic heterocycles. The van der Waals surface area contributed by atoms with Gasteiger partial charge in [-0.2, -0.15) is 0 Å². The van der Waals surface area contributed by atoms with Crippen LogP contribution in [0.25, 0.3) is 11.1 Å². The van der Waals surface area contributed by atoms with E-state index in [1.54, 1.807) is 82.3 Å². The average Bonchev–Trinajstić information content (AvgIpc) is 2.99. The summed E-state index contributed by atoms with van der Waals surface area (Å²) in [7, 11) is 3.00. The lowest BCUT2D eigenvalue weighted by Gasteiger charge is -2.17. The lowest BCUT2D eigenvalue weighted by Crippen LogP contribution is -2.29. The van der Waals surface area contributed by atoms with E-state index in [9.17, 15) is 13.6 Å². The van der Waals surface area contributed by atoms with Gasteiger partial charge in [0.25, 0.3) is 0 Å². The Balaban J connectivity index is 1.94. The number of methoxy groups -OCH3 is 2. The van der Waals surface area contributed by atoms with E-state index >= 15 is 0 Å². The van der Waals surface area contributed by atoms with Crippen LogP contribution in [0.4, 0.5) is 20.2 Å². The van der Waals surface area contributed by atoms with Crippen LogP contribution in [0.15, 0.2) is 72.8 Å². The number of halogens is 2. The van der Waals surface area contributed by atoms with Crippen LogP contribution in [0, 0.1) is 35.3 Å². The molecule has 0 heterocycles. The number of benzene rings is 4. The molecule has 6 nitrogen and oxygen atoms in total. The molecule has 4 rings (SSSR count). The minimum atomic E-state index is -0.765. The van der Waals surface area contributed by atoms with Crippen LogP contribution >= 0.6 is 0 Å². The highest BCUT2D eigenvalue weighted by Crippen LogP contribution is 2.38. The molecule has 0 spiro atoms. The number of hydrogen-bond acceptors (Lipinski definition) is 6. The topological polar surface area (TPSA) is 99.6 Å². The highest BCUT2D eigenvalue weighted by Gasteiger charge is 2.22. The Bertz CT molecular complexity index is 1880. The average molecular weight is 608 g/mol. The van der Waals surface area contributed by atoms with Gasteiger partial charge in [0, 0.05) is 34.0 Å². The first kappa shape index (κ1) is 32.8. The molecular weight excluding hydrogens is 572 g/mol. The van der Waals surface area contributed by atoms with E-state index in [0.29, 0.717) is 45.0 Å². The first-order valence-electron chi connectivity index (χ1n) is 14.1. The first-order valence-corrected chi connectivity index (χ1v) is 14.1. The second-order valence-electron chi connectivity index (χ2n) is 11.6. The van der Waals surface area contributed by atoms with Crippen LogP contribution in [0.2, 0.25) is 0 Å². The third kappa shape index (κ3) is 8.49. The molecule has 0 aliphatic rings. The number of ketones is 1. The zero-order chi connectivity index (χ0) is 32.9. The molecule has 0 aromatic heterocycles. The molecule has 0 atom stereocenters. The van der Waals surface area contributed by atoms with Gasteiger partial charge >= 0.3 is 0 Å². The van der Waals surface area contributed by atoms with Crippen LogP contribution < -0.4 is 26.3 Å². The molecule has 0 unspecified atom stereocenters. The van der Waals surface area contributed by atoms with Crippen molar-refractivity contribution in [2.75, 3.05) is 19.5 Å². The fraction of sp³-hybridized carbons (Fsp3) is 0.216. The summed E-state index contributed by atoms with van der Waals surface area (Å²) in [4.78, 5) is 14.3. The molecule has 0 saturated heterocycles. The zero-order valence-electron chi connectivity index (χ0n) is 26.1. The normalized spacial score (nSPS) is 11.1. The molecule has 5 N–H and O–H groups in total. The maximum atomic E-state index is 14.6. The SMILES string of the molecule is COc1ccc(C#CC(C)(C)N)cc1C(=O)c1ccc(Nc2ccc(F)cc2F)cc1-c1cc(C#CC(C)(C)N)ccc1OC. The van der Waals surface area contributed by atoms with Crippen LogP contribution in [0.3, 0.4) is 0 Å². The summed E-state index contributed by atoms with van der Waals surface area (Å²) in [5.74, 6) is 11.1. The van der Waals surface area contributed by atoms with Gasteiger partial charge in [0.2, 0.25) is 0 Å². The summed E-state index contributed by atoms with van der Waals surface area (Å²) >= 11 is 0. The van der Waals surface area contributed by atoms with Crippen molar-refractivity contribution in [1.29, 1.82) is 0 Å². The summed E-state index contributed by atoms with van der Waals surface area (Å²) in [6.07, 6.45) is 0. The fourth-order valence-electron chi connectivity index (χ4n) is 4.36. The minimum Gasteiger partial charge on any atom is -0.496 e. The Morgan fingerprint density at radius 3 is 1.89 bits per heavy atom. The van der Waals surface area contributed by atoms with Gasteiger partial charge in [-0.25, -0.2) is 8.78 Å². The third-order valence-corrected chi connectivity index (χ3v) is 6.47. The summed E-state index contributed by atoms with van der Waals surface area (Å²) in [5, 5.41) is 2.98. The molecule has 8 heteroatoms. The molecule has 0 fully saturated rings. The molecule has 0 amide bonds. The van der Waals surface area contributed by atoms with E-state index in [2.05, 4.69) is 29.0 Å². The smallest absolute Gasteiger partial charge is 0.197 e. The molecule has 0 bridgehead atoms. The molecule has 230 valence electrons. The highest BCUT2D eigenvalue weighted by atomic mass is 19.1. The monoisotopic (exact) mass is 607 g/mol. The van der Waals surface area contributed by atoms with Gasteiger partial charge in [-0.15, -0.1) is 0 Å². The van der Waals surface area contributed by atoms with Gasteiger partial charge < -0.3 is 26.3 Å². The molecule has 0 saturated carbocycles. The molecule has 4 aromatic rings. The van der Waals surface area contributed by atoms with Crippen molar-refractivity contribution in [1.82, 2.24) is 0 Å². The lowest BCUT2D eigenvalue weighted by molar-refractivity contribution is 0.103. The summed E-state index contributed by atoms with van der Waals surface area (Å²) in [5.41, 5.74) is 14.0. The molecule has 4 aromatic carbocycles. The Kier molecular flexibility index (Phi) is 9.63. The van der Waals surface area contributed by atoms with Crippen molar-refractivity contribution < 1.29 is 23.0 Å². The van der Waals surface area contributed by atoms with E-state index in [4.69, 9.17) is 20.9 Å². The maximum Gasteiger partial charge on any atom is 0.197 e. The predicted octanol–water partition coefficient (Wildman–Crippen LogP) is 6.80. The van der Waals surface area contributed by atoms with Gasteiger partial charge in [-0.05, 0) is 100.0 Å². The second-order valence-corrected chi connectivity index (χ2v) is 11.6. The number of hydrogen-bond donors (Lipinski definition) is 3. The molecule has 0 aliphatic carbocycles. The summed E-state index contributed by atoms with van der Waals surface area (Å²) in [6.45, 7) is 7.17. The van der Waals surface area contributed by atoms with Gasteiger partial charge in [0.15, 0.2) is 5.78 Å². The fourth-order valence-corrected chi connectivity index (χ4v) is 4.36. The van der Waals surface area contributed by atoms with E-state index in [1.165, 1.54) is 20.3 Å². The van der Waals surface area contributed by atoms with Gasteiger partial charge in [0.05, 0.1) is 36.5 Å². The van der Waals surface area contributed by atoms with Gasteiger partial charge in [-0.1, -0.05) is 23.7 Å². The molecule has 45 heavy (non-hydrogen) atoms. The van der Waals surface area contributed by atoms with E-state index in [-0.39, 0.29) is 17.0 Å². The number of anilines is 2. The van der Waals surface area contributed by atoms with Gasteiger partial charge in [0.1, 0.15) is 23.1 Å². The predicted molar refractivity (Wildman–Crippen MR) is 175 cm³/mol. The minimum absolute atomic E-state index is 0.0639. The third-order valence-electron chi connectivity index (χ3n) is 6.47. The van der Waals surface area contributed by atoms with E-state index in [0.717, 1.165) is 12.1 Å². The van der Waals surface area contributed by atoms with Crippen molar-refractivity contribution in [2.45, 2.75) is 38.8 Å². The maximum absolute atomic E-state index is 14.6. The van der Waals surface area contributed by atoms with E-state index in [1.807, 2.05) is 0 Å². The van der Waals surface area contributed by atoms with Crippen molar-refractivity contribution in [2.24, 2.45) is 11.5 Å². The number of nitrogens with one attached hydrogen (secondary N) is 1. The number of rotatable bonds is 7. The molecule has 0 radical (unpaired) electrons. The Labute approximate surface area is 262 Å². The lowest BCUT2D eigenvalue weighted by atomic mass is 9.91. The number of ether oxygens (including phenoxy) is 2. The quantitative estimate of drug-likeness (QED) is 0.158. The largest absolute Gasteiger partial charge is 0.496 e. The highest BCUT2D eigenvalue weighted by molar-refractivity contribution is 6.15. The Hall–Kier alpha value is -5.15. The zero-order valence-corrected chi connectivity index (χ0v) is 26.1. The van der Waals surface area contributed by atoms with E-state index < -0.39 is 22.7 Å². The Morgan fingerprint density at radius 2 is 1.31 bits per heavy atom. The number of carbonyl (C=O) groups is 1. The first-order chi connectivity index (χ1) is 21.2. The van der Waals surface area contributed by atoms with Crippen LogP contribution in [0.1, 0.15) is 54.7 Å². The molecular formula is C37H35F2N3O3. The Morgan fingerprint density at radius 1 is 0.711 bits per heavy atom.